The van der Waals surface area contributed by atoms with Crippen LogP contribution in [0.25, 0.3) is 0 Å². The van der Waals surface area contributed by atoms with Crippen LogP contribution in [0, 0.1) is 11.6 Å². The highest BCUT2D eigenvalue weighted by Gasteiger charge is 2.12. The van der Waals surface area contributed by atoms with Crippen molar-refractivity contribution >= 4 is 5.69 Å². The fourth-order valence-corrected chi connectivity index (χ4v) is 1.80. The Labute approximate surface area is 87.7 Å². The summed E-state index contributed by atoms with van der Waals surface area (Å²) in [7, 11) is 0. The van der Waals surface area contributed by atoms with Crippen molar-refractivity contribution in [2.45, 2.75) is 18.9 Å². The Morgan fingerprint density at radius 1 is 1.27 bits per heavy atom. The predicted molar refractivity (Wildman–Crippen MR) is 55.9 cm³/mol. The average molecular weight is 212 g/mol. The monoisotopic (exact) mass is 212 g/mol. The molecule has 2 N–H and O–H groups in total. The summed E-state index contributed by atoms with van der Waals surface area (Å²) in [6.45, 7) is 1.91. The minimum absolute atomic E-state index is 0.309. The van der Waals surface area contributed by atoms with E-state index in [9.17, 15) is 8.78 Å². The van der Waals surface area contributed by atoms with Crippen LogP contribution in [0.1, 0.15) is 12.8 Å². The molecule has 1 fully saturated rings. The molecule has 0 spiro atoms. The largest absolute Gasteiger partial charge is 0.381 e. The van der Waals surface area contributed by atoms with Crippen LogP contribution in [0.15, 0.2) is 18.2 Å². The highest BCUT2D eigenvalue weighted by Crippen LogP contribution is 2.15. The van der Waals surface area contributed by atoms with Gasteiger partial charge in [-0.25, -0.2) is 8.78 Å². The topological polar surface area (TPSA) is 24.1 Å². The van der Waals surface area contributed by atoms with Gasteiger partial charge in [0.15, 0.2) is 11.6 Å². The number of anilines is 1. The van der Waals surface area contributed by atoms with Crippen LogP contribution in [-0.2, 0) is 0 Å². The lowest BCUT2D eigenvalue weighted by atomic mass is 10.1. The van der Waals surface area contributed by atoms with Crippen molar-refractivity contribution in [1.82, 2.24) is 5.32 Å². The lowest BCUT2D eigenvalue weighted by Crippen LogP contribution is -2.38. The van der Waals surface area contributed by atoms with Crippen LogP contribution in [0.5, 0.6) is 0 Å². The molecule has 4 heteroatoms. The van der Waals surface area contributed by atoms with Gasteiger partial charge in [-0.2, -0.15) is 0 Å². The standard InChI is InChI=1S/C11H14F2N2/c12-10-4-3-8(6-11(10)13)15-9-2-1-5-14-7-9/h3-4,6,9,14-15H,1-2,5,7H2/t9-/m1/s1. The van der Waals surface area contributed by atoms with E-state index in [2.05, 4.69) is 10.6 Å². The van der Waals surface area contributed by atoms with E-state index in [-0.39, 0.29) is 0 Å². The maximum absolute atomic E-state index is 12.9. The van der Waals surface area contributed by atoms with Gasteiger partial charge in [0.2, 0.25) is 0 Å². The first kappa shape index (κ1) is 10.4. The second-order valence-electron chi connectivity index (χ2n) is 3.82. The number of hydrogen-bond donors (Lipinski definition) is 2. The zero-order valence-electron chi connectivity index (χ0n) is 8.39. The number of nitrogens with one attached hydrogen (secondary N) is 2. The molecule has 1 saturated heterocycles. The van der Waals surface area contributed by atoms with Crippen LogP contribution in [0.4, 0.5) is 14.5 Å². The normalized spacial score (nSPS) is 21.3. The summed E-state index contributed by atoms with van der Waals surface area (Å²) in [6, 6.07) is 4.22. The van der Waals surface area contributed by atoms with Gasteiger partial charge in [0.1, 0.15) is 0 Å². The number of benzene rings is 1. The molecule has 1 aliphatic heterocycles. The van der Waals surface area contributed by atoms with E-state index in [0.29, 0.717) is 11.7 Å². The molecule has 2 rings (SSSR count). The van der Waals surface area contributed by atoms with Crippen molar-refractivity contribution in [3.63, 3.8) is 0 Å². The minimum atomic E-state index is -0.803. The Hall–Kier alpha value is -1.16. The maximum Gasteiger partial charge on any atom is 0.160 e. The Balaban J connectivity index is 2.00. The van der Waals surface area contributed by atoms with E-state index in [1.807, 2.05) is 0 Å². The number of rotatable bonds is 2. The van der Waals surface area contributed by atoms with Crippen LogP contribution in [0.2, 0.25) is 0 Å². The maximum atomic E-state index is 12.9. The van der Waals surface area contributed by atoms with Crippen LogP contribution >= 0.6 is 0 Å². The van der Waals surface area contributed by atoms with Gasteiger partial charge in [-0.05, 0) is 31.5 Å². The van der Waals surface area contributed by atoms with Gasteiger partial charge in [0.25, 0.3) is 0 Å². The van der Waals surface area contributed by atoms with E-state index in [1.165, 1.54) is 6.07 Å². The molecule has 82 valence electrons. The molecule has 1 aromatic rings. The summed E-state index contributed by atoms with van der Waals surface area (Å²) in [5.74, 6) is -1.61. The van der Waals surface area contributed by atoms with Gasteiger partial charge < -0.3 is 10.6 Å². The molecule has 0 saturated carbocycles. The van der Waals surface area contributed by atoms with E-state index in [1.54, 1.807) is 6.07 Å². The molecule has 0 aromatic heterocycles. The molecular formula is C11H14F2N2. The second-order valence-corrected chi connectivity index (χ2v) is 3.82. The minimum Gasteiger partial charge on any atom is -0.381 e. The lowest BCUT2D eigenvalue weighted by Gasteiger charge is -2.24. The van der Waals surface area contributed by atoms with Gasteiger partial charge in [-0.1, -0.05) is 0 Å². The van der Waals surface area contributed by atoms with E-state index >= 15 is 0 Å². The zero-order chi connectivity index (χ0) is 10.7. The highest BCUT2D eigenvalue weighted by molar-refractivity contribution is 5.44. The predicted octanol–water partition coefficient (Wildman–Crippen LogP) is 2.13. The molecule has 1 atom stereocenters. The molecule has 1 aromatic carbocycles. The molecule has 0 radical (unpaired) electrons. The summed E-state index contributed by atoms with van der Waals surface area (Å²) in [6.07, 6.45) is 2.17. The molecule has 2 nitrogen and oxygen atoms in total. The van der Waals surface area contributed by atoms with Gasteiger partial charge >= 0.3 is 0 Å². The third kappa shape index (κ3) is 2.65. The fraction of sp³-hybridized carbons (Fsp3) is 0.455. The van der Waals surface area contributed by atoms with E-state index in [0.717, 1.165) is 32.0 Å². The van der Waals surface area contributed by atoms with Gasteiger partial charge in [-0.15, -0.1) is 0 Å². The van der Waals surface area contributed by atoms with Crippen molar-refractivity contribution < 1.29 is 8.78 Å². The summed E-state index contributed by atoms with van der Waals surface area (Å²) in [4.78, 5) is 0. The van der Waals surface area contributed by atoms with Crippen molar-refractivity contribution in [3.8, 4) is 0 Å². The van der Waals surface area contributed by atoms with E-state index in [4.69, 9.17) is 0 Å². The molecule has 15 heavy (non-hydrogen) atoms. The van der Waals surface area contributed by atoms with Crippen LogP contribution in [-0.4, -0.2) is 19.1 Å². The smallest absolute Gasteiger partial charge is 0.160 e. The molecule has 0 bridgehead atoms. The van der Waals surface area contributed by atoms with Crippen molar-refractivity contribution in [2.75, 3.05) is 18.4 Å². The fourth-order valence-electron chi connectivity index (χ4n) is 1.80. The van der Waals surface area contributed by atoms with Crippen LogP contribution < -0.4 is 10.6 Å². The lowest BCUT2D eigenvalue weighted by molar-refractivity contribution is 0.478. The number of halogens is 2. The number of piperidine rings is 1. The molecule has 0 unspecified atom stereocenters. The van der Waals surface area contributed by atoms with Crippen molar-refractivity contribution in [2.24, 2.45) is 0 Å². The average Bonchev–Trinajstić information content (AvgIpc) is 2.25. The first-order valence-corrected chi connectivity index (χ1v) is 5.18. The Morgan fingerprint density at radius 3 is 2.80 bits per heavy atom. The Bertz CT molecular complexity index is 335. The highest BCUT2D eigenvalue weighted by atomic mass is 19.2. The summed E-state index contributed by atoms with van der Waals surface area (Å²) in [5.41, 5.74) is 0.641. The molecule has 0 amide bonds. The summed E-state index contributed by atoms with van der Waals surface area (Å²) in [5, 5.41) is 6.43. The molecule has 0 aliphatic carbocycles. The third-order valence-electron chi connectivity index (χ3n) is 2.59. The first-order chi connectivity index (χ1) is 7.25. The molecule has 1 heterocycles. The Kier molecular flexibility index (Phi) is 3.16. The van der Waals surface area contributed by atoms with Crippen LogP contribution in [0.3, 0.4) is 0 Å². The molecule has 1 aliphatic rings. The van der Waals surface area contributed by atoms with Gasteiger partial charge in [-0.3, -0.25) is 0 Å². The number of hydrogen-bond acceptors (Lipinski definition) is 2. The van der Waals surface area contributed by atoms with Gasteiger partial charge in [0, 0.05) is 24.3 Å². The van der Waals surface area contributed by atoms with Crippen molar-refractivity contribution in [3.05, 3.63) is 29.8 Å². The first-order valence-electron chi connectivity index (χ1n) is 5.18. The summed E-state index contributed by atoms with van der Waals surface area (Å²) < 4.78 is 25.6. The van der Waals surface area contributed by atoms with Gasteiger partial charge in [0.05, 0.1) is 0 Å². The SMILES string of the molecule is Fc1ccc(N[C@@H]2CCCNC2)cc1F. The third-order valence-corrected chi connectivity index (χ3v) is 2.59. The zero-order valence-corrected chi connectivity index (χ0v) is 8.39. The Morgan fingerprint density at radius 2 is 2.13 bits per heavy atom. The van der Waals surface area contributed by atoms with E-state index < -0.39 is 11.6 Å². The molecular weight excluding hydrogens is 198 g/mol. The van der Waals surface area contributed by atoms with Crippen molar-refractivity contribution in [1.29, 1.82) is 0 Å². The summed E-state index contributed by atoms with van der Waals surface area (Å²) >= 11 is 0. The quantitative estimate of drug-likeness (QED) is 0.784. The second kappa shape index (κ2) is 4.57.